The fourth-order valence-electron chi connectivity index (χ4n) is 3.38. The number of unbranched alkanes of at least 4 members (excludes halogenated alkanes) is 2. The van der Waals surface area contributed by atoms with E-state index >= 15 is 0 Å². The number of hydrogen-bond acceptors (Lipinski definition) is 6. The molecule has 0 aliphatic heterocycles. The predicted octanol–water partition coefficient (Wildman–Crippen LogP) is -0.0210. The van der Waals surface area contributed by atoms with Crippen molar-refractivity contribution >= 4 is 22.1 Å². The van der Waals surface area contributed by atoms with Gasteiger partial charge in [-0.25, -0.2) is 0 Å². The Morgan fingerprint density at radius 2 is 1.45 bits per heavy atom. The number of aliphatic carboxylic acids is 1. The van der Waals surface area contributed by atoms with Gasteiger partial charge in [0.15, 0.2) is 0 Å². The molecule has 0 bridgehead atoms. The molecule has 0 aromatic rings. The van der Waals surface area contributed by atoms with Crippen LogP contribution in [0.3, 0.4) is 0 Å². The number of hydrogen-bond donors (Lipinski definition) is 1. The van der Waals surface area contributed by atoms with Gasteiger partial charge in [-0.2, -0.15) is 8.42 Å². The van der Waals surface area contributed by atoms with Crippen LogP contribution in [0, 0.1) is 17.8 Å². The number of esters is 1. The zero-order chi connectivity index (χ0) is 21.7. The molecule has 0 fully saturated rings. The summed E-state index contributed by atoms with van der Waals surface area (Å²) >= 11 is 0. The Labute approximate surface area is 198 Å². The van der Waals surface area contributed by atoms with E-state index in [1.807, 2.05) is 20.8 Å². The molecule has 9 heteroatoms. The van der Waals surface area contributed by atoms with Crippen molar-refractivity contribution in [2.24, 2.45) is 17.8 Å². The average molecular weight is 445 g/mol. The molecular weight excluding hydrogens is 407 g/mol. The fourth-order valence-corrected chi connectivity index (χ4v) is 4.26. The molecule has 0 saturated heterocycles. The van der Waals surface area contributed by atoms with E-state index in [0.29, 0.717) is 6.42 Å². The van der Waals surface area contributed by atoms with Gasteiger partial charge in [0.2, 0.25) is 0 Å². The van der Waals surface area contributed by atoms with Crippen molar-refractivity contribution in [3.05, 3.63) is 0 Å². The SMILES string of the molecule is CCCCC(CC)COC(=O)C(CC(CC)CCCC)C(C(=O)[O-])S(=O)(=O)O.[Na+]. The van der Waals surface area contributed by atoms with Crippen LogP contribution in [0.1, 0.15) is 85.5 Å². The van der Waals surface area contributed by atoms with Crippen molar-refractivity contribution < 1.29 is 62.0 Å². The molecule has 166 valence electrons. The monoisotopic (exact) mass is 444 g/mol. The predicted molar refractivity (Wildman–Crippen MR) is 106 cm³/mol. The van der Waals surface area contributed by atoms with E-state index in [4.69, 9.17) is 4.74 Å². The van der Waals surface area contributed by atoms with Gasteiger partial charge in [0.1, 0.15) is 5.25 Å². The Kier molecular flexibility index (Phi) is 17.7. The number of carbonyl (C=O) groups excluding carboxylic acids is 2. The van der Waals surface area contributed by atoms with E-state index in [1.54, 1.807) is 0 Å². The third kappa shape index (κ3) is 12.3. The van der Waals surface area contributed by atoms with Crippen LogP contribution >= 0.6 is 0 Å². The van der Waals surface area contributed by atoms with Gasteiger partial charge in [-0.15, -0.1) is 0 Å². The van der Waals surface area contributed by atoms with Crippen molar-refractivity contribution in [1.82, 2.24) is 0 Å². The quantitative estimate of drug-likeness (QED) is 0.202. The third-order valence-corrected chi connectivity index (χ3v) is 6.52. The summed E-state index contributed by atoms with van der Waals surface area (Å²) in [4.78, 5) is 24.1. The van der Waals surface area contributed by atoms with Crippen LogP contribution in [0.25, 0.3) is 0 Å². The van der Waals surface area contributed by atoms with Crippen molar-refractivity contribution in [3.63, 3.8) is 0 Å². The molecule has 0 radical (unpaired) electrons. The van der Waals surface area contributed by atoms with Crippen LogP contribution in [0.2, 0.25) is 0 Å². The summed E-state index contributed by atoms with van der Waals surface area (Å²) in [6.07, 6.45) is 6.94. The van der Waals surface area contributed by atoms with Crippen molar-refractivity contribution in [2.75, 3.05) is 6.61 Å². The van der Waals surface area contributed by atoms with E-state index in [0.717, 1.165) is 44.9 Å². The summed E-state index contributed by atoms with van der Waals surface area (Å²) in [7, 11) is -5.00. The molecule has 0 saturated carbocycles. The zero-order valence-electron chi connectivity index (χ0n) is 18.7. The molecule has 29 heavy (non-hydrogen) atoms. The first-order chi connectivity index (χ1) is 13.1. The Morgan fingerprint density at radius 3 is 1.83 bits per heavy atom. The van der Waals surface area contributed by atoms with E-state index < -0.39 is 33.2 Å². The maximum absolute atomic E-state index is 12.7. The van der Waals surface area contributed by atoms with Gasteiger partial charge >= 0.3 is 35.5 Å². The Hall–Kier alpha value is -0.150. The maximum atomic E-state index is 12.7. The number of ether oxygens (including phenoxy) is 1. The molecule has 0 rings (SSSR count). The van der Waals surface area contributed by atoms with Crippen molar-refractivity contribution in [1.29, 1.82) is 0 Å². The molecule has 0 aromatic heterocycles. The van der Waals surface area contributed by atoms with Crippen LogP contribution in [-0.4, -0.2) is 36.8 Å². The summed E-state index contributed by atoms with van der Waals surface area (Å²) < 4.78 is 38.1. The van der Waals surface area contributed by atoms with Crippen LogP contribution in [0.5, 0.6) is 0 Å². The van der Waals surface area contributed by atoms with E-state index in [2.05, 4.69) is 6.92 Å². The molecule has 0 spiro atoms. The average Bonchev–Trinajstić information content (AvgIpc) is 2.62. The van der Waals surface area contributed by atoms with Crippen LogP contribution in [0.15, 0.2) is 0 Å². The largest absolute Gasteiger partial charge is 1.00 e. The Morgan fingerprint density at radius 1 is 0.966 bits per heavy atom. The maximum Gasteiger partial charge on any atom is 1.00 e. The molecule has 7 nitrogen and oxygen atoms in total. The number of carboxylic acids is 1. The normalized spacial score (nSPS) is 15.6. The third-order valence-electron chi connectivity index (χ3n) is 5.36. The minimum atomic E-state index is -5.00. The molecule has 1 N–H and O–H groups in total. The standard InChI is InChI=1S/C20H38O7S.Na/c1-5-9-11-15(7-3)13-17(18(19(21)22)28(24,25)26)20(23)27-14-16(8-4)12-10-6-2;/h15-18H,5-14H2,1-4H3,(H,21,22)(H,24,25,26);/q;+1/p-1. The van der Waals surface area contributed by atoms with Gasteiger partial charge in [0.05, 0.1) is 18.5 Å². The van der Waals surface area contributed by atoms with E-state index in [-0.39, 0.29) is 54.4 Å². The minimum Gasteiger partial charge on any atom is -0.549 e. The molecule has 0 heterocycles. The van der Waals surface area contributed by atoms with Gasteiger partial charge in [-0.3, -0.25) is 9.35 Å². The number of rotatable bonds is 16. The fraction of sp³-hybridized carbons (Fsp3) is 0.900. The van der Waals surface area contributed by atoms with Crippen LogP contribution in [0.4, 0.5) is 0 Å². The van der Waals surface area contributed by atoms with Crippen molar-refractivity contribution in [3.8, 4) is 0 Å². The summed E-state index contributed by atoms with van der Waals surface area (Å²) in [5, 5.41) is 9.14. The minimum absolute atomic E-state index is 0. The topological polar surface area (TPSA) is 121 Å². The van der Waals surface area contributed by atoms with E-state index in [1.165, 1.54) is 0 Å². The first-order valence-corrected chi connectivity index (χ1v) is 12.0. The van der Waals surface area contributed by atoms with E-state index in [9.17, 15) is 27.7 Å². The van der Waals surface area contributed by atoms with Gasteiger partial charge in [0.25, 0.3) is 10.1 Å². The van der Waals surface area contributed by atoms with Crippen molar-refractivity contribution in [2.45, 2.75) is 90.7 Å². The summed E-state index contributed by atoms with van der Waals surface area (Å²) in [6.45, 7) is 8.07. The smallest absolute Gasteiger partial charge is 0.549 e. The van der Waals surface area contributed by atoms with Gasteiger partial charge < -0.3 is 14.6 Å². The zero-order valence-corrected chi connectivity index (χ0v) is 21.5. The van der Waals surface area contributed by atoms with Crippen LogP contribution in [-0.2, 0) is 24.4 Å². The summed E-state index contributed by atoms with van der Waals surface area (Å²) in [6, 6.07) is 0. The second kappa shape index (κ2) is 16.5. The van der Waals surface area contributed by atoms with Crippen LogP contribution < -0.4 is 34.7 Å². The number of carbonyl (C=O) groups is 2. The Bertz CT molecular complexity index is 565. The molecule has 0 aliphatic carbocycles. The first-order valence-electron chi connectivity index (χ1n) is 10.5. The number of carboxylic acid groups (broad SMARTS) is 1. The van der Waals surface area contributed by atoms with Gasteiger partial charge in [-0.1, -0.05) is 72.6 Å². The van der Waals surface area contributed by atoms with Gasteiger partial charge in [0, 0.05) is 0 Å². The molecule has 0 aliphatic rings. The molecular formula is C20H37NaO7S. The summed E-state index contributed by atoms with van der Waals surface area (Å²) in [5.74, 6) is -4.25. The molecule has 4 unspecified atom stereocenters. The van der Waals surface area contributed by atoms with Gasteiger partial charge in [-0.05, 0) is 24.7 Å². The Balaban J connectivity index is 0. The molecule has 0 amide bonds. The molecule has 4 atom stereocenters. The first kappa shape index (κ1) is 31.0. The second-order valence-electron chi connectivity index (χ2n) is 7.56. The molecule has 0 aromatic carbocycles. The second-order valence-corrected chi connectivity index (χ2v) is 9.10. The summed E-state index contributed by atoms with van der Waals surface area (Å²) in [5.41, 5.74) is 0.